The lowest BCUT2D eigenvalue weighted by molar-refractivity contribution is -0.119. The van der Waals surface area contributed by atoms with E-state index >= 15 is 0 Å². The topological polar surface area (TPSA) is 66.6 Å². The quantitative estimate of drug-likeness (QED) is 0.809. The van der Waals surface area contributed by atoms with E-state index in [0.717, 1.165) is 19.4 Å². The minimum Gasteiger partial charge on any atom is -0.508 e. The number of benzene rings is 1. The molecule has 0 radical (unpaired) electrons. The number of hydrogen-bond donors (Lipinski definition) is 2. The summed E-state index contributed by atoms with van der Waals surface area (Å²) < 4.78 is 0. The summed E-state index contributed by atoms with van der Waals surface area (Å²) >= 11 is 5.95. The van der Waals surface area contributed by atoms with Gasteiger partial charge in [0.15, 0.2) is 0 Å². The van der Waals surface area contributed by atoms with Gasteiger partial charge in [0.2, 0.25) is 5.91 Å². The molecule has 4 nitrogen and oxygen atoms in total. The molecule has 5 heteroatoms. The highest BCUT2D eigenvalue weighted by molar-refractivity contribution is 6.30. The molecule has 19 heavy (non-hydrogen) atoms. The Kier molecular flexibility index (Phi) is 6.12. The fourth-order valence-electron chi connectivity index (χ4n) is 2.03. The Balaban J connectivity index is 2.93. The molecule has 0 aliphatic carbocycles. The largest absolute Gasteiger partial charge is 0.508 e. The minimum atomic E-state index is -0.371. The molecule has 1 aromatic rings. The summed E-state index contributed by atoms with van der Waals surface area (Å²) in [6.45, 7) is 4.95. The Bertz CT molecular complexity index is 437. The van der Waals surface area contributed by atoms with Gasteiger partial charge in [0.05, 0.1) is 6.54 Å². The summed E-state index contributed by atoms with van der Waals surface area (Å²) in [5.74, 6) is -0.188. The summed E-state index contributed by atoms with van der Waals surface area (Å²) in [5, 5.41) is 10.5. The van der Waals surface area contributed by atoms with Crippen LogP contribution in [0.2, 0.25) is 5.02 Å². The van der Waals surface area contributed by atoms with E-state index < -0.39 is 0 Å². The lowest BCUT2D eigenvalue weighted by atomic mass is 10.1. The highest BCUT2D eigenvalue weighted by Crippen LogP contribution is 2.30. The van der Waals surface area contributed by atoms with Gasteiger partial charge in [0.25, 0.3) is 0 Å². The molecule has 0 fully saturated rings. The molecule has 106 valence electrons. The van der Waals surface area contributed by atoms with Gasteiger partial charge in [-0.15, -0.1) is 0 Å². The summed E-state index contributed by atoms with van der Waals surface area (Å²) in [7, 11) is 0. The molecule has 1 atom stereocenters. The van der Waals surface area contributed by atoms with Crippen LogP contribution in [0.1, 0.15) is 38.3 Å². The second kappa shape index (κ2) is 7.36. The van der Waals surface area contributed by atoms with E-state index in [0.29, 0.717) is 10.6 Å². The van der Waals surface area contributed by atoms with Crippen molar-refractivity contribution in [1.82, 2.24) is 4.90 Å². The van der Waals surface area contributed by atoms with Gasteiger partial charge in [0, 0.05) is 16.6 Å². The summed E-state index contributed by atoms with van der Waals surface area (Å²) in [6.07, 6.45) is 2.00. The van der Waals surface area contributed by atoms with Crippen molar-refractivity contribution in [2.24, 2.45) is 5.73 Å². The fourth-order valence-corrected chi connectivity index (χ4v) is 2.21. The van der Waals surface area contributed by atoms with Crippen LogP contribution < -0.4 is 5.73 Å². The van der Waals surface area contributed by atoms with Crippen molar-refractivity contribution >= 4 is 17.5 Å². The molecule has 3 N–H and O–H groups in total. The van der Waals surface area contributed by atoms with Gasteiger partial charge in [-0.05, 0) is 38.1 Å². The van der Waals surface area contributed by atoms with Crippen molar-refractivity contribution in [3.63, 3.8) is 0 Å². The minimum absolute atomic E-state index is 0.113. The van der Waals surface area contributed by atoms with Gasteiger partial charge in [0.1, 0.15) is 5.75 Å². The van der Waals surface area contributed by atoms with Crippen molar-refractivity contribution in [3.8, 4) is 5.75 Å². The van der Waals surface area contributed by atoms with Gasteiger partial charge < -0.3 is 10.8 Å². The summed E-state index contributed by atoms with van der Waals surface area (Å²) in [5.41, 5.74) is 5.99. The van der Waals surface area contributed by atoms with Crippen molar-refractivity contribution in [2.75, 3.05) is 13.1 Å². The normalized spacial score (nSPS) is 12.6. The third-order valence-corrected chi connectivity index (χ3v) is 3.38. The third-order valence-electron chi connectivity index (χ3n) is 3.15. The first-order valence-corrected chi connectivity index (χ1v) is 6.84. The molecule has 0 aliphatic rings. The molecular weight excluding hydrogens is 264 g/mol. The van der Waals surface area contributed by atoms with Crippen LogP contribution in [0.5, 0.6) is 5.75 Å². The predicted octanol–water partition coefficient (Wildman–Crippen LogP) is 2.69. The van der Waals surface area contributed by atoms with E-state index in [1.807, 2.05) is 11.8 Å². The SMILES string of the molecule is CCCCN(CC(N)=O)C(C)c1cc(Cl)ccc1O. The van der Waals surface area contributed by atoms with Gasteiger partial charge in [-0.1, -0.05) is 24.9 Å². The van der Waals surface area contributed by atoms with Crippen molar-refractivity contribution in [2.45, 2.75) is 32.7 Å². The van der Waals surface area contributed by atoms with Crippen LogP contribution in [0, 0.1) is 0 Å². The fraction of sp³-hybridized carbons (Fsp3) is 0.500. The third kappa shape index (κ3) is 4.73. The first-order valence-electron chi connectivity index (χ1n) is 6.46. The van der Waals surface area contributed by atoms with Crippen LogP contribution >= 0.6 is 11.6 Å². The van der Waals surface area contributed by atoms with Gasteiger partial charge >= 0.3 is 0 Å². The number of primary amides is 1. The van der Waals surface area contributed by atoms with Crippen LogP contribution in [-0.2, 0) is 4.79 Å². The van der Waals surface area contributed by atoms with Crippen LogP contribution in [0.4, 0.5) is 0 Å². The van der Waals surface area contributed by atoms with Crippen LogP contribution in [0.3, 0.4) is 0 Å². The molecule has 0 heterocycles. The van der Waals surface area contributed by atoms with Crippen molar-refractivity contribution < 1.29 is 9.90 Å². The van der Waals surface area contributed by atoms with E-state index in [1.165, 1.54) is 0 Å². The highest BCUT2D eigenvalue weighted by atomic mass is 35.5. The number of phenols is 1. The smallest absolute Gasteiger partial charge is 0.231 e. The summed E-state index contributed by atoms with van der Waals surface area (Å²) in [6, 6.07) is 4.81. The Morgan fingerprint density at radius 1 is 1.53 bits per heavy atom. The second-order valence-electron chi connectivity index (χ2n) is 4.67. The first kappa shape index (κ1) is 15.8. The molecular formula is C14H21ClN2O2. The monoisotopic (exact) mass is 284 g/mol. The number of nitrogens with two attached hydrogens (primary N) is 1. The van der Waals surface area contributed by atoms with E-state index in [9.17, 15) is 9.90 Å². The number of unbranched alkanes of at least 4 members (excludes halogenated alkanes) is 1. The number of carbonyl (C=O) groups excluding carboxylic acids is 1. The zero-order valence-electron chi connectivity index (χ0n) is 11.4. The zero-order chi connectivity index (χ0) is 14.4. The molecule has 0 aliphatic heterocycles. The number of nitrogens with zero attached hydrogens (tertiary/aromatic N) is 1. The predicted molar refractivity (Wildman–Crippen MR) is 77.2 cm³/mol. The Morgan fingerprint density at radius 3 is 2.79 bits per heavy atom. The van der Waals surface area contributed by atoms with E-state index in [4.69, 9.17) is 17.3 Å². The average Bonchev–Trinajstić information content (AvgIpc) is 2.36. The number of carbonyl (C=O) groups is 1. The molecule has 1 unspecified atom stereocenters. The van der Waals surface area contributed by atoms with E-state index in [-0.39, 0.29) is 24.2 Å². The molecule has 1 amide bonds. The number of halogens is 1. The molecule has 0 bridgehead atoms. The second-order valence-corrected chi connectivity index (χ2v) is 5.11. The zero-order valence-corrected chi connectivity index (χ0v) is 12.2. The molecule has 0 aromatic heterocycles. The van der Waals surface area contributed by atoms with E-state index in [2.05, 4.69) is 6.92 Å². The van der Waals surface area contributed by atoms with Crippen molar-refractivity contribution in [1.29, 1.82) is 0 Å². The number of hydrogen-bond acceptors (Lipinski definition) is 3. The lowest BCUT2D eigenvalue weighted by Gasteiger charge is -2.28. The van der Waals surface area contributed by atoms with Gasteiger partial charge in [-0.2, -0.15) is 0 Å². The molecule has 0 saturated carbocycles. The molecule has 1 rings (SSSR count). The number of phenolic OH excluding ortho intramolecular Hbond substituents is 1. The first-order chi connectivity index (χ1) is 8.95. The molecule has 1 aromatic carbocycles. The summed E-state index contributed by atoms with van der Waals surface area (Å²) in [4.78, 5) is 13.1. The van der Waals surface area contributed by atoms with Crippen molar-refractivity contribution in [3.05, 3.63) is 28.8 Å². The number of amides is 1. The van der Waals surface area contributed by atoms with Gasteiger partial charge in [-0.25, -0.2) is 0 Å². The average molecular weight is 285 g/mol. The van der Waals surface area contributed by atoms with Crippen LogP contribution in [-0.4, -0.2) is 29.0 Å². The Morgan fingerprint density at radius 2 is 2.21 bits per heavy atom. The number of rotatable bonds is 7. The Hall–Kier alpha value is -1.26. The standard InChI is InChI=1S/C14H21ClN2O2/c1-3-4-7-17(9-14(16)19)10(2)12-8-11(15)5-6-13(12)18/h5-6,8,10,18H,3-4,7,9H2,1-2H3,(H2,16,19). The lowest BCUT2D eigenvalue weighted by Crippen LogP contribution is -2.36. The maximum atomic E-state index is 11.2. The maximum Gasteiger partial charge on any atom is 0.231 e. The molecule has 0 spiro atoms. The number of aromatic hydroxyl groups is 1. The Labute approximate surface area is 119 Å². The molecule has 0 saturated heterocycles. The highest BCUT2D eigenvalue weighted by Gasteiger charge is 2.20. The van der Waals surface area contributed by atoms with Crippen LogP contribution in [0.15, 0.2) is 18.2 Å². The maximum absolute atomic E-state index is 11.2. The van der Waals surface area contributed by atoms with E-state index in [1.54, 1.807) is 18.2 Å². The van der Waals surface area contributed by atoms with Crippen LogP contribution in [0.25, 0.3) is 0 Å². The van der Waals surface area contributed by atoms with Gasteiger partial charge in [-0.3, -0.25) is 9.69 Å².